The lowest BCUT2D eigenvalue weighted by Gasteiger charge is -2.14. The Morgan fingerprint density at radius 2 is 1.66 bits per heavy atom. The van der Waals surface area contributed by atoms with E-state index in [1.54, 1.807) is 32.4 Å². The molecule has 148 valence electrons. The number of fused-ring (bicyclic) bond motifs is 1. The van der Waals surface area contributed by atoms with Crippen LogP contribution in [0.5, 0.6) is 23.1 Å². The van der Waals surface area contributed by atoms with Crippen LogP contribution in [0.2, 0.25) is 0 Å². The fraction of sp³-hybridized carbons (Fsp3) is 0.143. The lowest BCUT2D eigenvalue weighted by atomic mass is 10.1. The van der Waals surface area contributed by atoms with E-state index in [0.717, 1.165) is 16.5 Å². The lowest BCUT2D eigenvalue weighted by Crippen LogP contribution is -1.98. The van der Waals surface area contributed by atoms with Gasteiger partial charge < -0.3 is 19.5 Å². The minimum atomic E-state index is -0.342. The number of hydrogen-bond donors (Lipinski definition) is 2. The number of aromatic nitrogens is 3. The smallest absolute Gasteiger partial charge is 0.229 e. The Morgan fingerprint density at radius 3 is 2.31 bits per heavy atom. The Bertz CT molecular complexity index is 1160. The number of nitrogens with one attached hydrogen (secondary N) is 2. The van der Waals surface area contributed by atoms with Crippen LogP contribution in [0.3, 0.4) is 0 Å². The van der Waals surface area contributed by atoms with E-state index in [2.05, 4.69) is 20.5 Å². The largest absolute Gasteiger partial charge is 0.493 e. The van der Waals surface area contributed by atoms with Crippen molar-refractivity contribution in [3.63, 3.8) is 0 Å². The number of methoxy groups -OCH3 is 2. The first-order chi connectivity index (χ1) is 14.1. The van der Waals surface area contributed by atoms with Crippen LogP contribution < -0.4 is 19.5 Å². The summed E-state index contributed by atoms with van der Waals surface area (Å²) in [7, 11) is 3.14. The van der Waals surface area contributed by atoms with Crippen molar-refractivity contribution in [2.24, 2.45) is 0 Å². The van der Waals surface area contributed by atoms with Crippen molar-refractivity contribution in [3.05, 3.63) is 60.0 Å². The van der Waals surface area contributed by atoms with Gasteiger partial charge in [-0.3, -0.25) is 5.10 Å². The van der Waals surface area contributed by atoms with Crippen molar-refractivity contribution in [2.45, 2.75) is 6.92 Å². The summed E-state index contributed by atoms with van der Waals surface area (Å²) in [6.07, 6.45) is 0. The quantitative estimate of drug-likeness (QED) is 0.481. The third-order valence-electron chi connectivity index (χ3n) is 4.29. The number of hydrogen-bond acceptors (Lipinski definition) is 6. The molecule has 0 saturated heterocycles. The normalized spacial score (nSPS) is 10.8. The molecule has 0 amide bonds. The van der Waals surface area contributed by atoms with Crippen LogP contribution >= 0.6 is 0 Å². The zero-order valence-corrected chi connectivity index (χ0v) is 16.1. The SMILES string of the molecule is COc1cc2cc(Nc3cc(C)[nH]n3)nc(Oc3ccc(F)cc3)c2cc1OC. The number of ether oxygens (including phenoxy) is 3. The molecule has 2 aromatic carbocycles. The Morgan fingerprint density at radius 1 is 0.931 bits per heavy atom. The Balaban J connectivity index is 1.82. The van der Waals surface area contributed by atoms with Gasteiger partial charge in [0.15, 0.2) is 17.3 Å². The molecular weight excluding hydrogens is 375 g/mol. The third-order valence-corrected chi connectivity index (χ3v) is 4.29. The molecule has 0 fully saturated rings. The summed E-state index contributed by atoms with van der Waals surface area (Å²) < 4.78 is 30.0. The third kappa shape index (κ3) is 3.91. The van der Waals surface area contributed by atoms with E-state index in [4.69, 9.17) is 14.2 Å². The number of H-pyrrole nitrogens is 1. The average molecular weight is 394 g/mol. The first kappa shape index (κ1) is 18.5. The van der Waals surface area contributed by atoms with Gasteiger partial charge in [0, 0.05) is 17.1 Å². The number of benzene rings is 2. The zero-order valence-electron chi connectivity index (χ0n) is 16.1. The van der Waals surface area contributed by atoms with Gasteiger partial charge in [0.25, 0.3) is 0 Å². The van der Waals surface area contributed by atoms with Crippen molar-refractivity contribution in [3.8, 4) is 23.1 Å². The fourth-order valence-corrected chi connectivity index (χ4v) is 2.92. The second-order valence-electron chi connectivity index (χ2n) is 6.36. The van der Waals surface area contributed by atoms with Gasteiger partial charge in [-0.1, -0.05) is 0 Å². The van der Waals surface area contributed by atoms with Crippen LogP contribution in [-0.2, 0) is 0 Å². The number of pyridine rings is 1. The standard InChI is InChI=1S/C21H19FN4O3/c1-12-8-20(26-25-12)23-19-10-13-9-17(27-2)18(28-3)11-16(13)21(24-19)29-15-6-4-14(22)5-7-15/h4-11H,1-3H3,(H2,23,24,25,26). The van der Waals surface area contributed by atoms with E-state index >= 15 is 0 Å². The van der Waals surface area contributed by atoms with Gasteiger partial charge in [0.05, 0.1) is 14.2 Å². The van der Waals surface area contributed by atoms with Crippen molar-refractivity contribution in [2.75, 3.05) is 19.5 Å². The first-order valence-electron chi connectivity index (χ1n) is 8.85. The van der Waals surface area contributed by atoms with Crippen LogP contribution in [0.1, 0.15) is 5.69 Å². The van der Waals surface area contributed by atoms with E-state index < -0.39 is 0 Å². The van der Waals surface area contributed by atoms with Gasteiger partial charge in [-0.2, -0.15) is 10.1 Å². The van der Waals surface area contributed by atoms with Gasteiger partial charge in [0.1, 0.15) is 17.4 Å². The first-order valence-corrected chi connectivity index (χ1v) is 8.85. The molecule has 8 heteroatoms. The number of aromatic amines is 1. The van der Waals surface area contributed by atoms with Crippen LogP contribution in [0.15, 0.2) is 48.5 Å². The minimum absolute atomic E-state index is 0.338. The second-order valence-corrected chi connectivity index (χ2v) is 6.36. The molecule has 0 saturated carbocycles. The van der Waals surface area contributed by atoms with Gasteiger partial charge in [0.2, 0.25) is 5.88 Å². The molecule has 0 atom stereocenters. The highest BCUT2D eigenvalue weighted by Crippen LogP contribution is 2.38. The van der Waals surface area contributed by atoms with Gasteiger partial charge in [-0.05, 0) is 54.8 Å². The molecule has 0 aliphatic carbocycles. The summed E-state index contributed by atoms with van der Waals surface area (Å²) in [5, 5.41) is 11.7. The summed E-state index contributed by atoms with van der Waals surface area (Å²) in [6, 6.07) is 13.1. The molecule has 4 rings (SSSR count). The molecule has 2 N–H and O–H groups in total. The molecule has 0 aliphatic rings. The summed E-state index contributed by atoms with van der Waals surface area (Å²) in [5.41, 5.74) is 0.919. The van der Waals surface area contributed by atoms with Crippen molar-refractivity contribution >= 4 is 22.4 Å². The topological polar surface area (TPSA) is 81.3 Å². The molecule has 0 radical (unpaired) electrons. The van der Waals surface area contributed by atoms with E-state index in [1.807, 2.05) is 25.1 Å². The number of aryl methyl sites for hydroxylation is 1. The molecule has 2 aromatic heterocycles. The molecule has 2 heterocycles. The molecule has 4 aromatic rings. The van der Waals surface area contributed by atoms with Crippen molar-refractivity contribution in [1.82, 2.24) is 15.2 Å². The molecule has 0 aliphatic heterocycles. The monoisotopic (exact) mass is 394 g/mol. The maximum atomic E-state index is 13.2. The number of nitrogens with zero attached hydrogens (tertiary/aromatic N) is 2. The maximum absolute atomic E-state index is 13.2. The Hall–Kier alpha value is -3.81. The summed E-state index contributed by atoms with van der Waals surface area (Å²) in [5.74, 6) is 2.75. The second kappa shape index (κ2) is 7.67. The summed E-state index contributed by atoms with van der Waals surface area (Å²) >= 11 is 0. The van der Waals surface area contributed by atoms with Crippen LogP contribution in [0.4, 0.5) is 16.0 Å². The number of halogens is 1. The summed E-state index contributed by atoms with van der Waals surface area (Å²) in [4.78, 5) is 4.58. The molecule has 29 heavy (non-hydrogen) atoms. The van der Waals surface area contributed by atoms with Crippen LogP contribution in [0.25, 0.3) is 10.8 Å². The highest BCUT2D eigenvalue weighted by atomic mass is 19.1. The predicted molar refractivity (Wildman–Crippen MR) is 108 cm³/mol. The van der Waals surface area contributed by atoms with Gasteiger partial charge in [-0.15, -0.1) is 0 Å². The fourth-order valence-electron chi connectivity index (χ4n) is 2.92. The Labute approximate surface area is 166 Å². The molecule has 7 nitrogen and oxygen atoms in total. The molecule has 0 bridgehead atoms. The van der Waals surface area contributed by atoms with E-state index in [-0.39, 0.29) is 5.82 Å². The summed E-state index contributed by atoms with van der Waals surface area (Å²) in [6.45, 7) is 1.91. The van der Waals surface area contributed by atoms with E-state index in [9.17, 15) is 4.39 Å². The number of rotatable bonds is 6. The minimum Gasteiger partial charge on any atom is -0.493 e. The molecular formula is C21H19FN4O3. The number of anilines is 2. The van der Waals surface area contributed by atoms with Crippen LogP contribution in [-0.4, -0.2) is 29.4 Å². The van der Waals surface area contributed by atoms with E-state index in [1.165, 1.54) is 12.1 Å². The predicted octanol–water partition coefficient (Wildman–Crippen LogP) is 4.96. The van der Waals surface area contributed by atoms with Crippen molar-refractivity contribution in [1.29, 1.82) is 0 Å². The van der Waals surface area contributed by atoms with Gasteiger partial charge in [-0.25, -0.2) is 4.39 Å². The van der Waals surface area contributed by atoms with E-state index in [0.29, 0.717) is 34.8 Å². The Kier molecular flexibility index (Phi) is 4.90. The van der Waals surface area contributed by atoms with Gasteiger partial charge >= 0.3 is 0 Å². The molecule has 0 spiro atoms. The maximum Gasteiger partial charge on any atom is 0.229 e. The average Bonchev–Trinajstić information content (AvgIpc) is 3.13. The lowest BCUT2D eigenvalue weighted by molar-refractivity contribution is 0.355. The highest BCUT2D eigenvalue weighted by molar-refractivity contribution is 5.92. The highest BCUT2D eigenvalue weighted by Gasteiger charge is 2.14. The zero-order chi connectivity index (χ0) is 20.4. The van der Waals surface area contributed by atoms with Crippen LogP contribution in [0, 0.1) is 12.7 Å². The van der Waals surface area contributed by atoms with Crippen molar-refractivity contribution < 1.29 is 18.6 Å². The molecule has 0 unspecified atom stereocenters.